The highest BCUT2D eigenvalue weighted by Crippen LogP contribution is 2.12. The van der Waals surface area contributed by atoms with Crippen molar-refractivity contribution in [3.63, 3.8) is 0 Å². The van der Waals surface area contributed by atoms with E-state index in [1.165, 1.54) is 5.56 Å². The van der Waals surface area contributed by atoms with Gasteiger partial charge in [-0.3, -0.25) is 0 Å². The van der Waals surface area contributed by atoms with Crippen LogP contribution in [-0.2, 0) is 0 Å². The summed E-state index contributed by atoms with van der Waals surface area (Å²) in [7, 11) is 1.95. The largest absolute Gasteiger partial charge is 0.494 e. The van der Waals surface area contributed by atoms with Crippen molar-refractivity contribution < 1.29 is 4.74 Å². The van der Waals surface area contributed by atoms with Crippen LogP contribution in [0.15, 0.2) is 24.3 Å². The van der Waals surface area contributed by atoms with E-state index in [2.05, 4.69) is 24.4 Å². The van der Waals surface area contributed by atoms with Gasteiger partial charge in [0, 0.05) is 0 Å². The Bertz CT molecular complexity index is 248. The molecule has 0 bridgehead atoms. The van der Waals surface area contributed by atoms with Crippen LogP contribution < -0.4 is 10.1 Å². The molecule has 1 aromatic rings. The summed E-state index contributed by atoms with van der Waals surface area (Å²) in [6, 6.07) is 8.13. The third-order valence-corrected chi connectivity index (χ3v) is 1.83. The summed E-state index contributed by atoms with van der Waals surface area (Å²) in [5.41, 5.74) is 1.24. The number of nitrogens with one attached hydrogen (secondary N) is 1. The minimum absolute atomic E-state index is 0.782. The number of ether oxygens (including phenoxy) is 1. The van der Waals surface area contributed by atoms with Crippen LogP contribution in [0.5, 0.6) is 5.75 Å². The van der Waals surface area contributed by atoms with E-state index in [0.29, 0.717) is 0 Å². The fraction of sp³-hybridized carbons (Fsp3) is 0.455. The number of rotatable bonds is 5. The molecule has 0 aliphatic rings. The van der Waals surface area contributed by atoms with Crippen molar-refractivity contribution >= 4 is 0 Å². The lowest BCUT2D eigenvalue weighted by Crippen LogP contribution is -2.11. The van der Waals surface area contributed by atoms with E-state index in [-0.39, 0.29) is 0 Å². The van der Waals surface area contributed by atoms with Gasteiger partial charge in [0.15, 0.2) is 0 Å². The fourth-order valence-corrected chi connectivity index (χ4v) is 1.14. The maximum Gasteiger partial charge on any atom is 0.119 e. The Morgan fingerprint density at radius 2 is 2.23 bits per heavy atom. The Kier molecular flexibility index (Phi) is 4.33. The Labute approximate surface area is 79.9 Å². The molecule has 0 aromatic heterocycles. The molecule has 0 saturated carbocycles. The summed E-state index contributed by atoms with van der Waals surface area (Å²) in [4.78, 5) is 0. The van der Waals surface area contributed by atoms with Gasteiger partial charge in [-0.15, -0.1) is 0 Å². The molecular formula is C11H17NO. The number of aryl methyl sites for hydroxylation is 1. The molecule has 0 amide bonds. The molecule has 2 heteroatoms. The second kappa shape index (κ2) is 5.60. The number of benzene rings is 1. The zero-order valence-electron chi connectivity index (χ0n) is 8.34. The van der Waals surface area contributed by atoms with Crippen LogP contribution >= 0.6 is 0 Å². The SMILES string of the molecule is CNCCCOc1cccc(C)c1. The first kappa shape index (κ1) is 10.1. The maximum absolute atomic E-state index is 5.55. The first-order chi connectivity index (χ1) is 6.33. The molecule has 0 unspecified atom stereocenters. The minimum atomic E-state index is 0.782. The van der Waals surface area contributed by atoms with Crippen molar-refractivity contribution in [2.75, 3.05) is 20.2 Å². The van der Waals surface area contributed by atoms with Crippen LogP contribution in [0, 0.1) is 6.92 Å². The second-order valence-electron chi connectivity index (χ2n) is 3.12. The predicted molar refractivity (Wildman–Crippen MR) is 55.2 cm³/mol. The second-order valence-corrected chi connectivity index (χ2v) is 3.12. The summed E-state index contributed by atoms with van der Waals surface area (Å²) in [5.74, 6) is 0.969. The van der Waals surface area contributed by atoms with Gasteiger partial charge in [0.25, 0.3) is 0 Å². The van der Waals surface area contributed by atoms with Gasteiger partial charge in [-0.2, -0.15) is 0 Å². The highest BCUT2D eigenvalue weighted by Gasteiger charge is 1.92. The smallest absolute Gasteiger partial charge is 0.119 e. The molecule has 0 atom stereocenters. The van der Waals surface area contributed by atoms with Crippen LogP contribution in [0.3, 0.4) is 0 Å². The van der Waals surface area contributed by atoms with E-state index >= 15 is 0 Å². The molecule has 1 N–H and O–H groups in total. The van der Waals surface area contributed by atoms with Crippen molar-refractivity contribution in [3.8, 4) is 5.75 Å². The highest BCUT2D eigenvalue weighted by atomic mass is 16.5. The van der Waals surface area contributed by atoms with E-state index in [4.69, 9.17) is 4.74 Å². The molecular weight excluding hydrogens is 162 g/mol. The summed E-state index contributed by atoms with van der Waals surface area (Å²) < 4.78 is 5.55. The van der Waals surface area contributed by atoms with Crippen molar-refractivity contribution in [1.29, 1.82) is 0 Å². The summed E-state index contributed by atoms with van der Waals surface area (Å²) in [6.07, 6.45) is 1.05. The minimum Gasteiger partial charge on any atom is -0.494 e. The average Bonchev–Trinajstić information content (AvgIpc) is 2.13. The average molecular weight is 179 g/mol. The number of hydrogen-bond acceptors (Lipinski definition) is 2. The molecule has 13 heavy (non-hydrogen) atoms. The fourth-order valence-electron chi connectivity index (χ4n) is 1.14. The van der Waals surface area contributed by atoms with Crippen molar-refractivity contribution in [2.24, 2.45) is 0 Å². The van der Waals surface area contributed by atoms with Gasteiger partial charge in [-0.05, 0) is 44.6 Å². The zero-order chi connectivity index (χ0) is 9.52. The van der Waals surface area contributed by atoms with E-state index in [0.717, 1.165) is 25.3 Å². The van der Waals surface area contributed by atoms with Gasteiger partial charge in [0.1, 0.15) is 5.75 Å². The van der Waals surface area contributed by atoms with Crippen LogP contribution in [-0.4, -0.2) is 20.2 Å². The van der Waals surface area contributed by atoms with Gasteiger partial charge in [-0.1, -0.05) is 12.1 Å². The Morgan fingerprint density at radius 3 is 2.92 bits per heavy atom. The van der Waals surface area contributed by atoms with Gasteiger partial charge in [0.2, 0.25) is 0 Å². The highest BCUT2D eigenvalue weighted by molar-refractivity contribution is 5.27. The van der Waals surface area contributed by atoms with Crippen molar-refractivity contribution in [2.45, 2.75) is 13.3 Å². The van der Waals surface area contributed by atoms with Crippen LogP contribution in [0.2, 0.25) is 0 Å². The van der Waals surface area contributed by atoms with Gasteiger partial charge < -0.3 is 10.1 Å². The van der Waals surface area contributed by atoms with E-state index in [9.17, 15) is 0 Å². The quantitative estimate of drug-likeness (QED) is 0.698. The maximum atomic E-state index is 5.55. The lowest BCUT2D eigenvalue weighted by molar-refractivity contribution is 0.309. The molecule has 2 nitrogen and oxygen atoms in total. The van der Waals surface area contributed by atoms with Crippen LogP contribution in [0.4, 0.5) is 0 Å². The molecule has 0 fully saturated rings. The normalized spacial score (nSPS) is 10.0. The van der Waals surface area contributed by atoms with E-state index in [1.807, 2.05) is 19.2 Å². The molecule has 0 radical (unpaired) electrons. The number of hydrogen-bond donors (Lipinski definition) is 1. The summed E-state index contributed by atoms with van der Waals surface area (Å²) in [6.45, 7) is 3.86. The monoisotopic (exact) mass is 179 g/mol. The first-order valence-electron chi connectivity index (χ1n) is 4.67. The first-order valence-corrected chi connectivity index (χ1v) is 4.67. The predicted octanol–water partition coefficient (Wildman–Crippen LogP) is 1.98. The molecule has 1 rings (SSSR count). The Morgan fingerprint density at radius 1 is 1.38 bits per heavy atom. The molecule has 72 valence electrons. The van der Waals surface area contributed by atoms with Gasteiger partial charge in [0.05, 0.1) is 6.61 Å². The molecule has 1 aromatic carbocycles. The van der Waals surface area contributed by atoms with Gasteiger partial charge in [-0.25, -0.2) is 0 Å². The Hall–Kier alpha value is -1.02. The van der Waals surface area contributed by atoms with Crippen molar-refractivity contribution in [3.05, 3.63) is 29.8 Å². The van der Waals surface area contributed by atoms with E-state index in [1.54, 1.807) is 0 Å². The third kappa shape index (κ3) is 3.95. The summed E-state index contributed by atoms with van der Waals surface area (Å²) >= 11 is 0. The van der Waals surface area contributed by atoms with Crippen LogP contribution in [0.1, 0.15) is 12.0 Å². The molecule has 0 aliphatic carbocycles. The molecule has 0 saturated heterocycles. The van der Waals surface area contributed by atoms with Crippen molar-refractivity contribution in [1.82, 2.24) is 5.32 Å². The standard InChI is InChI=1S/C11H17NO/c1-10-5-3-6-11(9-10)13-8-4-7-12-2/h3,5-6,9,12H,4,7-8H2,1-2H3. The lowest BCUT2D eigenvalue weighted by atomic mass is 10.2. The van der Waals surface area contributed by atoms with Crippen LogP contribution in [0.25, 0.3) is 0 Å². The third-order valence-electron chi connectivity index (χ3n) is 1.83. The molecule has 0 heterocycles. The van der Waals surface area contributed by atoms with E-state index < -0.39 is 0 Å². The van der Waals surface area contributed by atoms with Gasteiger partial charge >= 0.3 is 0 Å². The topological polar surface area (TPSA) is 21.3 Å². The lowest BCUT2D eigenvalue weighted by Gasteiger charge is -2.05. The molecule has 0 aliphatic heterocycles. The zero-order valence-corrected chi connectivity index (χ0v) is 8.34. The summed E-state index contributed by atoms with van der Waals surface area (Å²) in [5, 5.41) is 3.09. The Balaban J connectivity index is 2.28. The molecule has 0 spiro atoms.